The Morgan fingerprint density at radius 3 is 2.24 bits per heavy atom. The number of hydrogen-bond donors (Lipinski definition) is 1. The fraction of sp³-hybridized carbons (Fsp3) is 0.591. The van der Waals surface area contributed by atoms with Crippen molar-refractivity contribution in [3.8, 4) is 0 Å². The van der Waals surface area contributed by atoms with Crippen molar-refractivity contribution in [1.82, 2.24) is 5.32 Å². The molecule has 0 saturated heterocycles. The van der Waals surface area contributed by atoms with Crippen molar-refractivity contribution in [2.24, 2.45) is 5.92 Å². The molecule has 0 spiro atoms. The van der Waals surface area contributed by atoms with Crippen molar-refractivity contribution in [3.05, 3.63) is 35.9 Å². The lowest BCUT2D eigenvalue weighted by Crippen LogP contribution is -2.47. The number of unbranched alkanes of at least 4 members (excludes halogenated alkanes) is 1. The topological polar surface area (TPSA) is 90.9 Å². The molecule has 7 nitrogen and oxygen atoms in total. The molecule has 1 rings (SSSR count). The first kappa shape index (κ1) is 24.5. The van der Waals surface area contributed by atoms with Gasteiger partial charge in [0, 0.05) is 6.42 Å². The predicted octanol–water partition coefficient (Wildman–Crippen LogP) is 3.99. The molecule has 0 bridgehead atoms. The molecule has 0 saturated carbocycles. The number of amides is 1. The van der Waals surface area contributed by atoms with Gasteiger partial charge >= 0.3 is 18.0 Å². The maximum atomic E-state index is 12.3. The maximum absolute atomic E-state index is 12.3. The second-order valence-corrected chi connectivity index (χ2v) is 8.14. The summed E-state index contributed by atoms with van der Waals surface area (Å²) in [5, 5.41) is 2.55. The van der Waals surface area contributed by atoms with Gasteiger partial charge in [-0.2, -0.15) is 0 Å². The van der Waals surface area contributed by atoms with Crippen LogP contribution in [-0.2, 0) is 30.4 Å². The van der Waals surface area contributed by atoms with Crippen LogP contribution in [0.1, 0.15) is 59.4 Å². The van der Waals surface area contributed by atoms with Crippen molar-refractivity contribution >= 4 is 18.0 Å². The normalized spacial score (nSPS) is 12.2. The monoisotopic (exact) mass is 407 g/mol. The summed E-state index contributed by atoms with van der Waals surface area (Å²) in [6, 6.07) is 8.67. The number of esters is 2. The van der Waals surface area contributed by atoms with Crippen molar-refractivity contribution in [3.63, 3.8) is 0 Å². The third kappa shape index (κ3) is 11.1. The summed E-state index contributed by atoms with van der Waals surface area (Å²) in [6.07, 6.45) is 0.680. The van der Waals surface area contributed by atoms with E-state index < -0.39 is 23.7 Å². The van der Waals surface area contributed by atoms with Crippen LogP contribution in [0.4, 0.5) is 4.79 Å². The van der Waals surface area contributed by atoms with Crippen LogP contribution in [0.3, 0.4) is 0 Å². The molecular formula is C22H33NO6. The molecule has 1 amide bonds. The van der Waals surface area contributed by atoms with E-state index in [0.717, 1.165) is 5.56 Å². The van der Waals surface area contributed by atoms with E-state index in [9.17, 15) is 14.4 Å². The first-order chi connectivity index (χ1) is 13.6. The van der Waals surface area contributed by atoms with Crippen LogP contribution in [0, 0.1) is 5.92 Å². The van der Waals surface area contributed by atoms with E-state index >= 15 is 0 Å². The van der Waals surface area contributed by atoms with Crippen LogP contribution in [0.5, 0.6) is 0 Å². The van der Waals surface area contributed by atoms with Crippen molar-refractivity contribution in [2.45, 2.75) is 72.1 Å². The first-order valence-corrected chi connectivity index (χ1v) is 9.94. The van der Waals surface area contributed by atoms with Crippen LogP contribution in [0.15, 0.2) is 30.3 Å². The number of rotatable bonds is 10. The molecule has 0 aliphatic carbocycles. The van der Waals surface area contributed by atoms with Crippen LogP contribution in [0.25, 0.3) is 0 Å². The molecule has 1 atom stereocenters. The minimum Gasteiger partial charge on any atom is -0.464 e. The second kappa shape index (κ2) is 12.1. The zero-order valence-electron chi connectivity index (χ0n) is 18.0. The van der Waals surface area contributed by atoms with E-state index in [2.05, 4.69) is 5.32 Å². The zero-order valence-corrected chi connectivity index (χ0v) is 18.0. The molecular weight excluding hydrogens is 374 g/mol. The Labute approximate surface area is 173 Å². The standard InChI is InChI=1S/C22H33NO6/c1-16(2)19(23-21(26)29-22(3,4)5)20(25)27-14-10-9-13-18(24)28-15-17-11-7-6-8-12-17/h6-8,11-12,16,19H,9-10,13-15H2,1-5H3,(H,23,26). The van der Waals surface area contributed by atoms with Crippen LogP contribution >= 0.6 is 0 Å². The first-order valence-electron chi connectivity index (χ1n) is 9.94. The second-order valence-electron chi connectivity index (χ2n) is 8.14. The van der Waals surface area contributed by atoms with E-state index in [4.69, 9.17) is 14.2 Å². The van der Waals surface area contributed by atoms with E-state index in [1.54, 1.807) is 20.8 Å². The van der Waals surface area contributed by atoms with Gasteiger partial charge in [-0.3, -0.25) is 4.79 Å². The number of alkyl carbamates (subject to hydrolysis) is 1. The number of ether oxygens (including phenoxy) is 3. The maximum Gasteiger partial charge on any atom is 0.408 e. The quantitative estimate of drug-likeness (QED) is 0.358. The smallest absolute Gasteiger partial charge is 0.408 e. The highest BCUT2D eigenvalue weighted by Gasteiger charge is 2.28. The van der Waals surface area contributed by atoms with Gasteiger partial charge in [-0.05, 0) is 45.1 Å². The fourth-order valence-corrected chi connectivity index (χ4v) is 2.38. The number of nitrogens with one attached hydrogen (secondary N) is 1. The number of benzene rings is 1. The number of carbonyl (C=O) groups is 3. The van der Waals surface area contributed by atoms with Crippen LogP contribution in [-0.4, -0.2) is 36.3 Å². The SMILES string of the molecule is CC(C)C(NC(=O)OC(C)(C)C)C(=O)OCCCCC(=O)OCc1ccccc1. The molecule has 1 aromatic carbocycles. The van der Waals surface area contributed by atoms with Gasteiger partial charge in [0.05, 0.1) is 6.61 Å². The highest BCUT2D eigenvalue weighted by molar-refractivity contribution is 5.81. The molecule has 1 unspecified atom stereocenters. The molecule has 0 aliphatic rings. The van der Waals surface area contributed by atoms with Crippen LogP contribution < -0.4 is 5.32 Å². The third-order valence-corrected chi connectivity index (χ3v) is 3.86. The molecule has 1 N–H and O–H groups in total. The molecule has 7 heteroatoms. The molecule has 0 aliphatic heterocycles. The average molecular weight is 408 g/mol. The molecule has 0 fully saturated rings. The molecule has 0 radical (unpaired) electrons. The molecule has 0 heterocycles. The summed E-state index contributed by atoms with van der Waals surface area (Å²) in [4.78, 5) is 35.9. The van der Waals surface area contributed by atoms with Gasteiger partial charge < -0.3 is 19.5 Å². The highest BCUT2D eigenvalue weighted by Crippen LogP contribution is 2.10. The largest absolute Gasteiger partial charge is 0.464 e. The summed E-state index contributed by atoms with van der Waals surface area (Å²) >= 11 is 0. The Bertz CT molecular complexity index is 651. The Morgan fingerprint density at radius 2 is 1.66 bits per heavy atom. The number of hydrogen-bond acceptors (Lipinski definition) is 6. The molecule has 1 aromatic rings. The van der Waals surface area contributed by atoms with Gasteiger partial charge in [-0.15, -0.1) is 0 Å². The molecule has 29 heavy (non-hydrogen) atoms. The van der Waals surface area contributed by atoms with Crippen molar-refractivity contribution in [1.29, 1.82) is 0 Å². The Morgan fingerprint density at radius 1 is 1.00 bits per heavy atom. The minimum atomic E-state index is -0.791. The lowest BCUT2D eigenvalue weighted by atomic mass is 10.1. The third-order valence-electron chi connectivity index (χ3n) is 3.86. The zero-order chi connectivity index (χ0) is 21.9. The highest BCUT2D eigenvalue weighted by atomic mass is 16.6. The van der Waals surface area contributed by atoms with Gasteiger partial charge in [0.15, 0.2) is 0 Å². The lowest BCUT2D eigenvalue weighted by molar-refractivity contribution is -0.147. The van der Waals surface area contributed by atoms with Gasteiger partial charge in [-0.1, -0.05) is 44.2 Å². The van der Waals surface area contributed by atoms with Crippen molar-refractivity contribution in [2.75, 3.05) is 6.61 Å². The Hall–Kier alpha value is -2.57. The summed E-state index contributed by atoms with van der Waals surface area (Å²) in [6.45, 7) is 9.30. The molecule has 0 aromatic heterocycles. The van der Waals surface area contributed by atoms with Gasteiger partial charge in [0.25, 0.3) is 0 Å². The lowest BCUT2D eigenvalue weighted by Gasteiger charge is -2.24. The Kier molecular flexibility index (Phi) is 10.2. The molecule has 162 valence electrons. The minimum absolute atomic E-state index is 0.150. The summed E-state index contributed by atoms with van der Waals surface area (Å²) in [5.74, 6) is -0.952. The summed E-state index contributed by atoms with van der Waals surface area (Å²) in [7, 11) is 0. The van der Waals surface area contributed by atoms with Gasteiger partial charge in [0.1, 0.15) is 18.2 Å². The van der Waals surface area contributed by atoms with E-state index in [-0.39, 0.29) is 31.5 Å². The van der Waals surface area contributed by atoms with E-state index in [0.29, 0.717) is 12.8 Å². The van der Waals surface area contributed by atoms with Crippen LogP contribution in [0.2, 0.25) is 0 Å². The van der Waals surface area contributed by atoms with E-state index in [1.165, 1.54) is 0 Å². The average Bonchev–Trinajstić information content (AvgIpc) is 2.63. The summed E-state index contributed by atoms with van der Waals surface area (Å²) in [5.41, 5.74) is 0.289. The Balaban J connectivity index is 2.26. The fourth-order valence-electron chi connectivity index (χ4n) is 2.38. The number of carbonyl (C=O) groups excluding carboxylic acids is 3. The predicted molar refractivity (Wildman–Crippen MR) is 109 cm³/mol. The van der Waals surface area contributed by atoms with E-state index in [1.807, 2.05) is 44.2 Å². The summed E-state index contributed by atoms with van der Waals surface area (Å²) < 4.78 is 15.6. The van der Waals surface area contributed by atoms with Gasteiger partial charge in [0.2, 0.25) is 0 Å². The van der Waals surface area contributed by atoms with Gasteiger partial charge in [-0.25, -0.2) is 9.59 Å². The van der Waals surface area contributed by atoms with Crippen molar-refractivity contribution < 1.29 is 28.6 Å².